The number of carbonyl (C=O) groups is 2. The van der Waals surface area contributed by atoms with Crippen molar-refractivity contribution in [1.29, 1.82) is 0 Å². The Labute approximate surface area is 126 Å². The molecular formula is C16H25N3O2. The molecule has 0 atom stereocenters. The minimum atomic E-state index is -0.0950. The maximum Gasteiger partial charge on any atom is 0.221 e. The molecule has 0 aliphatic heterocycles. The molecule has 0 radical (unpaired) electrons. The van der Waals surface area contributed by atoms with Crippen molar-refractivity contribution in [3.8, 4) is 0 Å². The van der Waals surface area contributed by atoms with Crippen molar-refractivity contribution >= 4 is 17.5 Å². The predicted molar refractivity (Wildman–Crippen MR) is 85.0 cm³/mol. The Bertz CT molecular complexity index is 475. The van der Waals surface area contributed by atoms with Crippen molar-refractivity contribution < 1.29 is 9.59 Å². The SMILES string of the molecule is CC(=O)Nc1ccc(CNC(=O)CCNC(C)(C)C)cc1. The number of benzene rings is 1. The van der Waals surface area contributed by atoms with Crippen LogP contribution in [0.15, 0.2) is 24.3 Å². The maximum atomic E-state index is 11.7. The average molecular weight is 291 g/mol. The van der Waals surface area contributed by atoms with Gasteiger partial charge in [-0.2, -0.15) is 0 Å². The van der Waals surface area contributed by atoms with Gasteiger partial charge in [0.25, 0.3) is 0 Å². The first kappa shape index (κ1) is 17.2. The molecule has 2 amide bonds. The smallest absolute Gasteiger partial charge is 0.221 e. The highest BCUT2D eigenvalue weighted by Gasteiger charge is 2.09. The van der Waals surface area contributed by atoms with Gasteiger partial charge in [-0.25, -0.2) is 0 Å². The van der Waals surface area contributed by atoms with Crippen LogP contribution in [0.4, 0.5) is 5.69 Å². The van der Waals surface area contributed by atoms with Crippen molar-refractivity contribution in [3.05, 3.63) is 29.8 Å². The van der Waals surface area contributed by atoms with E-state index in [-0.39, 0.29) is 17.4 Å². The fourth-order valence-electron chi connectivity index (χ4n) is 1.75. The first-order valence-corrected chi connectivity index (χ1v) is 7.14. The molecule has 0 heterocycles. The molecule has 0 aromatic heterocycles. The molecule has 0 aliphatic carbocycles. The Morgan fingerprint density at radius 3 is 2.24 bits per heavy atom. The third-order valence-electron chi connectivity index (χ3n) is 2.77. The number of hydrogen-bond donors (Lipinski definition) is 3. The van der Waals surface area contributed by atoms with E-state index < -0.39 is 0 Å². The molecule has 1 rings (SSSR count). The summed E-state index contributed by atoms with van der Waals surface area (Å²) in [5.41, 5.74) is 1.79. The molecular weight excluding hydrogens is 266 g/mol. The number of anilines is 1. The maximum absolute atomic E-state index is 11.7. The Morgan fingerprint density at radius 1 is 1.10 bits per heavy atom. The van der Waals surface area contributed by atoms with Crippen LogP contribution in [0.3, 0.4) is 0 Å². The summed E-state index contributed by atoms with van der Waals surface area (Å²) in [6.45, 7) is 8.84. The van der Waals surface area contributed by atoms with Crippen LogP contribution in [0.1, 0.15) is 39.7 Å². The van der Waals surface area contributed by atoms with Crippen LogP contribution in [0, 0.1) is 0 Å². The molecule has 1 aromatic carbocycles. The van der Waals surface area contributed by atoms with Crippen molar-refractivity contribution in [2.24, 2.45) is 0 Å². The van der Waals surface area contributed by atoms with Crippen molar-refractivity contribution in [1.82, 2.24) is 10.6 Å². The van der Waals surface area contributed by atoms with Crippen LogP contribution in [-0.2, 0) is 16.1 Å². The Morgan fingerprint density at radius 2 is 1.71 bits per heavy atom. The zero-order chi connectivity index (χ0) is 15.9. The summed E-state index contributed by atoms with van der Waals surface area (Å²) in [5, 5.41) is 8.86. The quantitative estimate of drug-likeness (QED) is 0.751. The highest BCUT2D eigenvalue weighted by Crippen LogP contribution is 2.09. The molecule has 5 nitrogen and oxygen atoms in total. The van der Waals surface area contributed by atoms with Gasteiger partial charge in [0.05, 0.1) is 0 Å². The molecule has 3 N–H and O–H groups in total. The third kappa shape index (κ3) is 8.09. The lowest BCUT2D eigenvalue weighted by atomic mass is 10.1. The summed E-state index contributed by atoms with van der Waals surface area (Å²) >= 11 is 0. The topological polar surface area (TPSA) is 70.2 Å². The molecule has 0 bridgehead atoms. The lowest BCUT2D eigenvalue weighted by molar-refractivity contribution is -0.121. The standard InChI is InChI=1S/C16H25N3O2/c1-12(20)19-14-7-5-13(6-8-14)11-17-15(21)9-10-18-16(2,3)4/h5-8,18H,9-11H2,1-4H3,(H,17,21)(H,19,20). The highest BCUT2D eigenvalue weighted by atomic mass is 16.2. The highest BCUT2D eigenvalue weighted by molar-refractivity contribution is 5.88. The number of amides is 2. The molecule has 5 heteroatoms. The number of hydrogen-bond acceptors (Lipinski definition) is 3. The van der Waals surface area contributed by atoms with Gasteiger partial charge in [0.1, 0.15) is 0 Å². The molecule has 0 spiro atoms. The third-order valence-corrected chi connectivity index (χ3v) is 2.77. The van der Waals surface area contributed by atoms with Crippen LogP contribution in [0.5, 0.6) is 0 Å². The predicted octanol–water partition coefficient (Wildman–Crippen LogP) is 2.04. The molecule has 0 saturated heterocycles. The molecule has 21 heavy (non-hydrogen) atoms. The summed E-state index contributed by atoms with van der Waals surface area (Å²) in [6.07, 6.45) is 0.460. The second-order valence-corrected chi connectivity index (χ2v) is 6.08. The lowest BCUT2D eigenvalue weighted by Crippen LogP contribution is -2.38. The minimum absolute atomic E-state index is 0.0256. The van der Waals surface area contributed by atoms with Crippen molar-refractivity contribution in [2.75, 3.05) is 11.9 Å². The fourth-order valence-corrected chi connectivity index (χ4v) is 1.75. The second kappa shape index (κ2) is 7.78. The van der Waals surface area contributed by atoms with Crippen LogP contribution in [-0.4, -0.2) is 23.9 Å². The van der Waals surface area contributed by atoms with E-state index in [4.69, 9.17) is 0 Å². The number of rotatable bonds is 6. The van der Waals surface area contributed by atoms with Crippen LogP contribution in [0.25, 0.3) is 0 Å². The van der Waals surface area contributed by atoms with Gasteiger partial charge in [0.2, 0.25) is 11.8 Å². The fraction of sp³-hybridized carbons (Fsp3) is 0.500. The Hall–Kier alpha value is -1.88. The van der Waals surface area contributed by atoms with Gasteiger partial charge in [-0.15, -0.1) is 0 Å². The summed E-state index contributed by atoms with van der Waals surface area (Å²) in [6, 6.07) is 7.42. The monoisotopic (exact) mass is 291 g/mol. The summed E-state index contributed by atoms with van der Waals surface area (Å²) in [7, 11) is 0. The Balaban J connectivity index is 2.31. The van der Waals surface area contributed by atoms with E-state index in [1.807, 2.05) is 24.3 Å². The zero-order valence-corrected chi connectivity index (χ0v) is 13.2. The van der Waals surface area contributed by atoms with E-state index in [9.17, 15) is 9.59 Å². The summed E-state index contributed by atoms with van der Waals surface area (Å²) in [5.74, 6) is -0.0694. The molecule has 0 unspecified atom stereocenters. The van der Waals surface area contributed by atoms with Crippen LogP contribution in [0.2, 0.25) is 0 Å². The molecule has 116 valence electrons. The molecule has 0 fully saturated rings. The van der Waals surface area contributed by atoms with Gasteiger partial charge in [0, 0.05) is 37.7 Å². The average Bonchev–Trinajstić information content (AvgIpc) is 2.36. The first-order chi connectivity index (χ1) is 9.76. The van der Waals surface area contributed by atoms with E-state index >= 15 is 0 Å². The summed E-state index contributed by atoms with van der Waals surface area (Å²) < 4.78 is 0. The van der Waals surface area contributed by atoms with Gasteiger partial charge < -0.3 is 16.0 Å². The molecule has 1 aromatic rings. The zero-order valence-electron chi connectivity index (χ0n) is 13.2. The van der Waals surface area contributed by atoms with E-state index in [1.165, 1.54) is 6.92 Å². The van der Waals surface area contributed by atoms with E-state index in [2.05, 4.69) is 36.7 Å². The van der Waals surface area contributed by atoms with E-state index in [0.717, 1.165) is 11.3 Å². The van der Waals surface area contributed by atoms with Gasteiger partial charge in [-0.3, -0.25) is 9.59 Å². The van der Waals surface area contributed by atoms with Crippen molar-refractivity contribution in [3.63, 3.8) is 0 Å². The summed E-state index contributed by atoms with van der Waals surface area (Å²) in [4.78, 5) is 22.6. The van der Waals surface area contributed by atoms with Crippen molar-refractivity contribution in [2.45, 2.75) is 46.2 Å². The Kier molecular flexibility index (Phi) is 6.37. The molecule has 0 saturated carbocycles. The normalized spacial score (nSPS) is 11.0. The van der Waals surface area contributed by atoms with Gasteiger partial charge in [-0.05, 0) is 38.5 Å². The van der Waals surface area contributed by atoms with Crippen LogP contribution < -0.4 is 16.0 Å². The first-order valence-electron chi connectivity index (χ1n) is 7.14. The van der Waals surface area contributed by atoms with Gasteiger partial charge in [-0.1, -0.05) is 12.1 Å². The van der Waals surface area contributed by atoms with Gasteiger partial charge >= 0.3 is 0 Å². The van der Waals surface area contributed by atoms with Gasteiger partial charge in [0.15, 0.2) is 0 Å². The minimum Gasteiger partial charge on any atom is -0.352 e. The largest absolute Gasteiger partial charge is 0.352 e. The van der Waals surface area contributed by atoms with E-state index in [0.29, 0.717) is 19.5 Å². The van der Waals surface area contributed by atoms with Crippen LogP contribution >= 0.6 is 0 Å². The lowest BCUT2D eigenvalue weighted by Gasteiger charge is -2.20. The second-order valence-electron chi connectivity index (χ2n) is 6.08. The molecule has 0 aliphatic rings. The number of carbonyl (C=O) groups excluding carboxylic acids is 2. The number of nitrogens with one attached hydrogen (secondary N) is 3. The van der Waals surface area contributed by atoms with E-state index in [1.54, 1.807) is 0 Å².